The number of carbonyl (C=O) groups excluding carboxylic acids is 3. The summed E-state index contributed by atoms with van der Waals surface area (Å²) in [5, 5.41) is 5.66. The average molecular weight is 325 g/mol. The third-order valence-electron chi connectivity index (χ3n) is 4.20. The molecule has 132 valence electrons. The van der Waals surface area contributed by atoms with Gasteiger partial charge in [0.2, 0.25) is 5.91 Å². The molecule has 1 heterocycles. The van der Waals surface area contributed by atoms with Crippen molar-refractivity contribution in [2.24, 2.45) is 5.41 Å². The van der Waals surface area contributed by atoms with E-state index in [4.69, 9.17) is 0 Å². The first-order valence-electron chi connectivity index (χ1n) is 8.31. The van der Waals surface area contributed by atoms with Crippen LogP contribution in [0, 0.1) is 5.41 Å². The Kier molecular flexibility index (Phi) is 5.49. The Morgan fingerprint density at radius 1 is 1.13 bits per heavy atom. The maximum Gasteiger partial charge on any atom is 0.325 e. The zero-order chi connectivity index (χ0) is 18.1. The summed E-state index contributed by atoms with van der Waals surface area (Å²) in [5.41, 5.74) is -1.20. The summed E-state index contributed by atoms with van der Waals surface area (Å²) in [4.78, 5) is 37.9. The molecule has 0 aromatic rings. The molecule has 1 aliphatic rings. The van der Waals surface area contributed by atoms with Gasteiger partial charge >= 0.3 is 6.03 Å². The zero-order valence-corrected chi connectivity index (χ0v) is 15.5. The molecule has 0 radical (unpaired) electrons. The summed E-state index contributed by atoms with van der Waals surface area (Å²) in [7, 11) is 0. The topological polar surface area (TPSA) is 78.5 Å². The van der Waals surface area contributed by atoms with Gasteiger partial charge in [0.25, 0.3) is 5.91 Å². The summed E-state index contributed by atoms with van der Waals surface area (Å²) in [6, 6.07) is -0.484. The molecule has 0 unspecified atom stereocenters. The largest absolute Gasteiger partial charge is 0.350 e. The van der Waals surface area contributed by atoms with Crippen LogP contribution < -0.4 is 10.6 Å². The van der Waals surface area contributed by atoms with Gasteiger partial charge in [-0.2, -0.15) is 0 Å². The standard InChI is InChI=1S/C17H31N3O3/c1-8-17(9-2)13(22)20(14(23)19-17)10-12(21)18-16(6,7)11-15(3,4)5/h8-11H2,1-7H3,(H,18,21)(H,19,23). The molecule has 1 rings (SSSR count). The Morgan fingerprint density at radius 2 is 1.65 bits per heavy atom. The van der Waals surface area contributed by atoms with Gasteiger partial charge in [0.15, 0.2) is 0 Å². The molecule has 6 nitrogen and oxygen atoms in total. The lowest BCUT2D eigenvalue weighted by molar-refractivity contribution is -0.135. The fraction of sp³-hybridized carbons (Fsp3) is 0.824. The number of rotatable bonds is 6. The third-order valence-corrected chi connectivity index (χ3v) is 4.20. The van der Waals surface area contributed by atoms with E-state index >= 15 is 0 Å². The zero-order valence-electron chi connectivity index (χ0n) is 15.5. The van der Waals surface area contributed by atoms with E-state index in [1.54, 1.807) is 0 Å². The van der Waals surface area contributed by atoms with Crippen molar-refractivity contribution in [1.82, 2.24) is 15.5 Å². The monoisotopic (exact) mass is 325 g/mol. The molecule has 0 spiro atoms. The van der Waals surface area contributed by atoms with Gasteiger partial charge in [-0.3, -0.25) is 14.5 Å². The SMILES string of the molecule is CCC1(CC)NC(=O)N(CC(=O)NC(C)(C)CC(C)(C)C)C1=O. The molecule has 0 aliphatic carbocycles. The first kappa shape index (κ1) is 19.5. The van der Waals surface area contributed by atoms with Gasteiger partial charge in [0.05, 0.1) is 0 Å². The van der Waals surface area contributed by atoms with E-state index in [0.717, 1.165) is 11.3 Å². The first-order valence-corrected chi connectivity index (χ1v) is 8.31. The maximum absolute atomic E-state index is 12.5. The predicted molar refractivity (Wildman–Crippen MR) is 89.9 cm³/mol. The van der Waals surface area contributed by atoms with Crippen LogP contribution in [0.2, 0.25) is 0 Å². The Balaban J connectivity index is 2.75. The molecule has 23 heavy (non-hydrogen) atoms. The lowest BCUT2D eigenvalue weighted by atomic mass is 9.82. The van der Waals surface area contributed by atoms with Crippen molar-refractivity contribution >= 4 is 17.8 Å². The van der Waals surface area contributed by atoms with E-state index in [9.17, 15) is 14.4 Å². The van der Waals surface area contributed by atoms with Crippen molar-refractivity contribution in [3.63, 3.8) is 0 Å². The Labute approximate surface area is 139 Å². The predicted octanol–water partition coefficient (Wildman–Crippen LogP) is 2.43. The van der Waals surface area contributed by atoms with Crippen molar-refractivity contribution in [1.29, 1.82) is 0 Å². The number of carbonyl (C=O) groups is 3. The number of imide groups is 1. The lowest BCUT2D eigenvalue weighted by Gasteiger charge is -2.33. The number of hydrogen-bond acceptors (Lipinski definition) is 3. The highest BCUT2D eigenvalue weighted by molar-refractivity contribution is 6.09. The average Bonchev–Trinajstić information content (AvgIpc) is 2.59. The number of nitrogens with one attached hydrogen (secondary N) is 2. The Bertz CT molecular complexity index is 488. The molecule has 0 saturated carbocycles. The van der Waals surface area contributed by atoms with Crippen LogP contribution in [0.25, 0.3) is 0 Å². The highest BCUT2D eigenvalue weighted by Gasteiger charge is 2.49. The first-order chi connectivity index (χ1) is 10.4. The van der Waals surface area contributed by atoms with E-state index in [2.05, 4.69) is 31.4 Å². The van der Waals surface area contributed by atoms with E-state index in [1.165, 1.54) is 0 Å². The molecule has 4 amide bonds. The van der Waals surface area contributed by atoms with Crippen molar-refractivity contribution in [3.8, 4) is 0 Å². The summed E-state index contributed by atoms with van der Waals surface area (Å²) < 4.78 is 0. The van der Waals surface area contributed by atoms with Crippen molar-refractivity contribution in [3.05, 3.63) is 0 Å². The van der Waals surface area contributed by atoms with Gasteiger partial charge in [-0.05, 0) is 38.5 Å². The summed E-state index contributed by atoms with van der Waals surface area (Å²) >= 11 is 0. The molecular weight excluding hydrogens is 294 g/mol. The Hall–Kier alpha value is -1.59. The highest BCUT2D eigenvalue weighted by atomic mass is 16.2. The van der Waals surface area contributed by atoms with Crippen LogP contribution in [0.4, 0.5) is 4.79 Å². The molecule has 0 aromatic carbocycles. The molecule has 0 atom stereocenters. The van der Waals surface area contributed by atoms with E-state index < -0.39 is 17.1 Å². The van der Waals surface area contributed by atoms with Gasteiger partial charge in [-0.1, -0.05) is 34.6 Å². The second-order valence-corrected chi connectivity index (χ2v) is 8.28. The van der Waals surface area contributed by atoms with Crippen molar-refractivity contribution in [2.75, 3.05) is 6.54 Å². The number of hydrogen-bond donors (Lipinski definition) is 2. The van der Waals surface area contributed by atoms with Gasteiger partial charge in [-0.25, -0.2) is 4.79 Å². The molecule has 1 fully saturated rings. The van der Waals surface area contributed by atoms with Crippen LogP contribution in [0.3, 0.4) is 0 Å². The van der Waals surface area contributed by atoms with Crippen molar-refractivity contribution < 1.29 is 14.4 Å². The molecular formula is C17H31N3O3. The fourth-order valence-electron chi connectivity index (χ4n) is 3.48. The number of amides is 4. The van der Waals surface area contributed by atoms with Gasteiger partial charge in [0.1, 0.15) is 12.1 Å². The second-order valence-electron chi connectivity index (χ2n) is 8.28. The molecule has 6 heteroatoms. The quantitative estimate of drug-likeness (QED) is 0.736. The number of nitrogens with zero attached hydrogens (tertiary/aromatic N) is 1. The normalized spacial score (nSPS) is 18.1. The molecule has 2 N–H and O–H groups in total. The lowest BCUT2D eigenvalue weighted by Crippen LogP contribution is -2.51. The van der Waals surface area contributed by atoms with Gasteiger partial charge < -0.3 is 10.6 Å². The fourth-order valence-corrected chi connectivity index (χ4v) is 3.48. The van der Waals surface area contributed by atoms with Crippen LogP contribution in [0.5, 0.6) is 0 Å². The van der Waals surface area contributed by atoms with Crippen LogP contribution >= 0.6 is 0 Å². The van der Waals surface area contributed by atoms with Gasteiger partial charge in [-0.15, -0.1) is 0 Å². The van der Waals surface area contributed by atoms with Crippen LogP contribution in [0.15, 0.2) is 0 Å². The van der Waals surface area contributed by atoms with E-state index in [-0.39, 0.29) is 23.8 Å². The Morgan fingerprint density at radius 3 is 2.04 bits per heavy atom. The van der Waals surface area contributed by atoms with Gasteiger partial charge in [0, 0.05) is 5.54 Å². The molecule has 1 aliphatic heterocycles. The van der Waals surface area contributed by atoms with E-state index in [0.29, 0.717) is 12.8 Å². The summed E-state index contributed by atoms with van der Waals surface area (Å²) in [6.07, 6.45) is 1.82. The van der Waals surface area contributed by atoms with Crippen molar-refractivity contribution in [2.45, 2.75) is 78.8 Å². The molecule has 0 aromatic heterocycles. The van der Waals surface area contributed by atoms with Crippen LogP contribution in [0.1, 0.15) is 67.7 Å². The maximum atomic E-state index is 12.5. The molecule has 0 bridgehead atoms. The summed E-state index contributed by atoms with van der Waals surface area (Å²) in [6.45, 7) is 13.7. The van der Waals surface area contributed by atoms with Crippen LogP contribution in [-0.2, 0) is 9.59 Å². The van der Waals surface area contributed by atoms with Crippen LogP contribution in [-0.4, -0.2) is 40.4 Å². The highest BCUT2D eigenvalue weighted by Crippen LogP contribution is 2.27. The minimum atomic E-state index is -0.863. The number of urea groups is 1. The molecule has 1 saturated heterocycles. The minimum absolute atomic E-state index is 0.0667. The smallest absolute Gasteiger partial charge is 0.325 e. The minimum Gasteiger partial charge on any atom is -0.350 e. The second kappa shape index (κ2) is 6.49. The van der Waals surface area contributed by atoms with E-state index in [1.807, 2.05) is 27.7 Å². The third kappa shape index (κ3) is 4.69. The summed E-state index contributed by atoms with van der Waals surface area (Å²) in [5.74, 6) is -0.623.